The SMILES string of the molecule is C=C(OCC)c1ccccc1N/N=C(\C(=O)OCC)c1ccccc1. The van der Waals surface area contributed by atoms with Gasteiger partial charge in [-0.3, -0.25) is 5.43 Å². The summed E-state index contributed by atoms with van der Waals surface area (Å²) in [6.07, 6.45) is 0. The number of hydrazone groups is 1. The van der Waals surface area contributed by atoms with E-state index in [4.69, 9.17) is 9.47 Å². The lowest BCUT2D eigenvalue weighted by Gasteiger charge is -2.12. The summed E-state index contributed by atoms with van der Waals surface area (Å²) in [7, 11) is 0. The van der Waals surface area contributed by atoms with E-state index in [0.29, 0.717) is 23.6 Å². The Labute approximate surface area is 148 Å². The number of nitrogens with zero attached hydrogens (tertiary/aromatic N) is 1. The van der Waals surface area contributed by atoms with E-state index in [1.54, 1.807) is 6.92 Å². The molecule has 2 aromatic rings. The number of rotatable bonds is 8. The molecular weight excluding hydrogens is 316 g/mol. The number of ether oxygens (including phenoxy) is 2. The Morgan fingerprint density at radius 3 is 2.32 bits per heavy atom. The Bertz CT molecular complexity index is 755. The van der Waals surface area contributed by atoms with Crippen molar-refractivity contribution >= 4 is 23.1 Å². The van der Waals surface area contributed by atoms with Crippen LogP contribution in [-0.4, -0.2) is 24.9 Å². The predicted octanol–water partition coefficient (Wildman–Crippen LogP) is 4.07. The third-order valence-electron chi connectivity index (χ3n) is 3.35. The minimum atomic E-state index is -0.484. The molecule has 0 unspecified atom stereocenters. The van der Waals surface area contributed by atoms with Crippen LogP contribution in [0.15, 0.2) is 66.3 Å². The number of esters is 1. The average molecular weight is 338 g/mol. The van der Waals surface area contributed by atoms with E-state index in [1.165, 1.54) is 0 Å². The summed E-state index contributed by atoms with van der Waals surface area (Å²) in [5.41, 5.74) is 5.30. The van der Waals surface area contributed by atoms with Crippen LogP contribution in [0.3, 0.4) is 0 Å². The fourth-order valence-electron chi connectivity index (χ4n) is 2.22. The highest BCUT2D eigenvalue weighted by Gasteiger charge is 2.16. The molecule has 0 aromatic heterocycles. The molecule has 0 spiro atoms. The lowest BCUT2D eigenvalue weighted by molar-refractivity contribution is -0.134. The molecule has 0 aliphatic rings. The Hall–Kier alpha value is -3.08. The largest absolute Gasteiger partial charge is 0.494 e. The van der Waals surface area contributed by atoms with Crippen molar-refractivity contribution < 1.29 is 14.3 Å². The maximum Gasteiger partial charge on any atom is 0.359 e. The summed E-state index contributed by atoms with van der Waals surface area (Å²) in [4.78, 5) is 12.3. The van der Waals surface area contributed by atoms with Crippen LogP contribution >= 0.6 is 0 Å². The number of benzene rings is 2. The lowest BCUT2D eigenvalue weighted by atomic mass is 10.1. The van der Waals surface area contributed by atoms with Crippen molar-refractivity contribution in [2.45, 2.75) is 13.8 Å². The number of carbonyl (C=O) groups is 1. The first-order valence-corrected chi connectivity index (χ1v) is 8.14. The molecule has 130 valence electrons. The van der Waals surface area contributed by atoms with Gasteiger partial charge in [0.05, 0.1) is 18.9 Å². The fourth-order valence-corrected chi connectivity index (χ4v) is 2.22. The van der Waals surface area contributed by atoms with Crippen molar-refractivity contribution in [1.82, 2.24) is 0 Å². The second kappa shape index (κ2) is 9.27. The maximum atomic E-state index is 12.3. The summed E-state index contributed by atoms with van der Waals surface area (Å²) in [6.45, 7) is 8.38. The summed E-state index contributed by atoms with van der Waals surface area (Å²) in [5, 5.41) is 4.28. The zero-order valence-corrected chi connectivity index (χ0v) is 14.5. The molecule has 1 N–H and O–H groups in total. The normalized spacial score (nSPS) is 10.9. The molecule has 0 radical (unpaired) electrons. The molecule has 2 aromatic carbocycles. The fraction of sp³-hybridized carbons (Fsp3) is 0.200. The van der Waals surface area contributed by atoms with Crippen molar-refractivity contribution in [3.63, 3.8) is 0 Å². The van der Waals surface area contributed by atoms with Crippen LogP contribution < -0.4 is 5.43 Å². The summed E-state index contributed by atoms with van der Waals surface area (Å²) in [6, 6.07) is 16.7. The Kier molecular flexibility index (Phi) is 6.77. The Morgan fingerprint density at radius 2 is 1.64 bits per heavy atom. The smallest absolute Gasteiger partial charge is 0.359 e. The van der Waals surface area contributed by atoms with Gasteiger partial charge in [0.25, 0.3) is 0 Å². The van der Waals surface area contributed by atoms with Gasteiger partial charge in [-0.05, 0) is 26.0 Å². The van der Waals surface area contributed by atoms with E-state index in [-0.39, 0.29) is 12.3 Å². The van der Waals surface area contributed by atoms with Gasteiger partial charge in [0, 0.05) is 11.1 Å². The van der Waals surface area contributed by atoms with Crippen molar-refractivity contribution in [2.75, 3.05) is 18.6 Å². The molecule has 0 saturated heterocycles. The van der Waals surface area contributed by atoms with Gasteiger partial charge < -0.3 is 9.47 Å². The second-order valence-electron chi connectivity index (χ2n) is 5.06. The number of hydrogen-bond donors (Lipinski definition) is 1. The van der Waals surface area contributed by atoms with E-state index in [0.717, 1.165) is 5.56 Å². The van der Waals surface area contributed by atoms with E-state index in [9.17, 15) is 4.79 Å². The van der Waals surface area contributed by atoms with Crippen LogP contribution in [-0.2, 0) is 14.3 Å². The monoisotopic (exact) mass is 338 g/mol. The van der Waals surface area contributed by atoms with Gasteiger partial charge in [0.15, 0.2) is 5.71 Å². The third kappa shape index (κ3) is 4.94. The van der Waals surface area contributed by atoms with Gasteiger partial charge in [-0.15, -0.1) is 0 Å². The van der Waals surface area contributed by atoms with E-state index in [2.05, 4.69) is 17.1 Å². The number of anilines is 1. The standard InChI is InChI=1S/C20H22N2O3/c1-4-24-15(3)17-13-9-10-14-18(17)21-22-19(20(23)25-5-2)16-11-7-6-8-12-16/h6-14,21H,3-5H2,1-2H3/b22-19-. The third-order valence-corrected chi connectivity index (χ3v) is 3.35. The van der Waals surface area contributed by atoms with Crippen LogP contribution in [0, 0.1) is 0 Å². The molecule has 0 atom stereocenters. The number of nitrogens with one attached hydrogen (secondary N) is 1. The molecule has 0 bridgehead atoms. The van der Waals surface area contributed by atoms with Crippen LogP contribution in [0.1, 0.15) is 25.0 Å². The molecular formula is C20H22N2O3. The first-order chi connectivity index (χ1) is 12.2. The molecule has 0 saturated carbocycles. The lowest BCUT2D eigenvalue weighted by Crippen LogP contribution is -2.20. The Morgan fingerprint density at radius 1 is 1.00 bits per heavy atom. The Balaban J connectivity index is 2.33. The van der Waals surface area contributed by atoms with Crippen molar-refractivity contribution in [2.24, 2.45) is 5.10 Å². The van der Waals surface area contributed by atoms with Crippen LogP contribution in [0.4, 0.5) is 5.69 Å². The summed E-state index contributed by atoms with van der Waals surface area (Å²) in [5.74, 6) is 0.0560. The molecule has 0 aliphatic heterocycles. The van der Waals surface area contributed by atoms with Crippen molar-refractivity contribution in [3.05, 3.63) is 72.3 Å². The van der Waals surface area contributed by atoms with Gasteiger partial charge in [0.1, 0.15) is 5.76 Å². The molecule has 0 amide bonds. The minimum Gasteiger partial charge on any atom is -0.494 e. The predicted molar refractivity (Wildman–Crippen MR) is 100 cm³/mol. The van der Waals surface area contributed by atoms with Crippen LogP contribution in [0.25, 0.3) is 5.76 Å². The number of hydrogen-bond acceptors (Lipinski definition) is 5. The average Bonchev–Trinajstić information content (AvgIpc) is 2.63. The number of para-hydroxylation sites is 1. The molecule has 25 heavy (non-hydrogen) atoms. The first-order valence-electron chi connectivity index (χ1n) is 8.14. The topological polar surface area (TPSA) is 59.9 Å². The van der Waals surface area contributed by atoms with Crippen LogP contribution in [0.2, 0.25) is 0 Å². The van der Waals surface area contributed by atoms with Gasteiger partial charge in [-0.1, -0.05) is 49.0 Å². The highest BCUT2D eigenvalue weighted by molar-refractivity contribution is 6.43. The molecule has 0 fully saturated rings. The maximum absolute atomic E-state index is 12.3. The minimum absolute atomic E-state index is 0.208. The van der Waals surface area contributed by atoms with Gasteiger partial charge in [0.2, 0.25) is 0 Å². The first kappa shape index (κ1) is 18.3. The zero-order chi connectivity index (χ0) is 18.1. The summed E-state index contributed by atoms with van der Waals surface area (Å²) < 4.78 is 10.6. The molecule has 2 rings (SSSR count). The second-order valence-corrected chi connectivity index (χ2v) is 5.06. The van der Waals surface area contributed by atoms with E-state index in [1.807, 2.05) is 61.5 Å². The molecule has 5 heteroatoms. The van der Waals surface area contributed by atoms with E-state index >= 15 is 0 Å². The number of carbonyl (C=O) groups excluding carboxylic acids is 1. The van der Waals surface area contributed by atoms with Gasteiger partial charge in [-0.2, -0.15) is 5.10 Å². The quantitative estimate of drug-likeness (QED) is 0.341. The van der Waals surface area contributed by atoms with Gasteiger partial charge in [-0.25, -0.2) is 4.79 Å². The van der Waals surface area contributed by atoms with E-state index < -0.39 is 5.97 Å². The van der Waals surface area contributed by atoms with Crippen molar-refractivity contribution in [1.29, 1.82) is 0 Å². The molecule has 5 nitrogen and oxygen atoms in total. The highest BCUT2D eigenvalue weighted by Crippen LogP contribution is 2.23. The molecule has 0 heterocycles. The summed E-state index contributed by atoms with van der Waals surface area (Å²) >= 11 is 0. The molecule has 0 aliphatic carbocycles. The zero-order valence-electron chi connectivity index (χ0n) is 14.5. The van der Waals surface area contributed by atoms with Crippen LogP contribution in [0.5, 0.6) is 0 Å². The highest BCUT2D eigenvalue weighted by atomic mass is 16.5. The van der Waals surface area contributed by atoms with Crippen molar-refractivity contribution in [3.8, 4) is 0 Å². The van der Waals surface area contributed by atoms with Gasteiger partial charge >= 0.3 is 5.97 Å².